The molecule has 0 saturated carbocycles. The van der Waals surface area contributed by atoms with Gasteiger partial charge in [0.25, 0.3) is 0 Å². The van der Waals surface area contributed by atoms with Crippen LogP contribution in [-0.2, 0) is 30.7 Å². The Hall–Kier alpha value is -3.69. The Morgan fingerprint density at radius 1 is 1.03 bits per heavy atom. The van der Waals surface area contributed by atoms with Crippen LogP contribution in [0.3, 0.4) is 0 Å². The predicted molar refractivity (Wildman–Crippen MR) is 119 cm³/mol. The highest BCUT2D eigenvalue weighted by Crippen LogP contribution is 2.26. The number of cyclic esters (lactones) is 1. The van der Waals surface area contributed by atoms with Crippen LogP contribution in [0, 0.1) is 17.1 Å². The van der Waals surface area contributed by atoms with Crippen molar-refractivity contribution < 1.29 is 13.9 Å². The lowest BCUT2D eigenvalue weighted by Crippen LogP contribution is -2.32. The van der Waals surface area contributed by atoms with Crippen molar-refractivity contribution in [2.75, 3.05) is 18.4 Å². The molecule has 0 aromatic heterocycles. The van der Waals surface area contributed by atoms with E-state index in [2.05, 4.69) is 28.4 Å². The number of anilines is 2. The SMILES string of the molecule is N#Cc1ccc(Nc2ccc3c(c2)CCN(CCc2ccc4c(c2)COC4=O)C3)cc1F. The summed E-state index contributed by atoms with van der Waals surface area (Å²) < 4.78 is 18.9. The maximum Gasteiger partial charge on any atom is 0.338 e. The normalized spacial score (nSPS) is 14.9. The monoisotopic (exact) mass is 427 g/mol. The molecular weight excluding hydrogens is 405 g/mol. The molecule has 32 heavy (non-hydrogen) atoms. The van der Waals surface area contributed by atoms with E-state index in [1.165, 1.54) is 28.8 Å². The van der Waals surface area contributed by atoms with Crippen molar-refractivity contribution in [1.82, 2.24) is 4.90 Å². The molecule has 2 heterocycles. The van der Waals surface area contributed by atoms with Crippen molar-refractivity contribution in [2.24, 2.45) is 0 Å². The van der Waals surface area contributed by atoms with Crippen molar-refractivity contribution in [3.63, 3.8) is 0 Å². The highest BCUT2D eigenvalue weighted by atomic mass is 19.1. The van der Waals surface area contributed by atoms with E-state index in [4.69, 9.17) is 10.00 Å². The smallest absolute Gasteiger partial charge is 0.338 e. The third kappa shape index (κ3) is 4.08. The van der Waals surface area contributed by atoms with Crippen molar-refractivity contribution in [3.8, 4) is 6.07 Å². The van der Waals surface area contributed by atoms with Crippen molar-refractivity contribution in [2.45, 2.75) is 26.0 Å². The molecule has 0 saturated heterocycles. The lowest BCUT2D eigenvalue weighted by molar-refractivity contribution is 0.0535. The second kappa shape index (κ2) is 8.45. The molecule has 3 aromatic carbocycles. The molecule has 0 bridgehead atoms. The summed E-state index contributed by atoms with van der Waals surface area (Å²) in [6.07, 6.45) is 1.89. The van der Waals surface area contributed by atoms with Gasteiger partial charge in [0.05, 0.1) is 11.1 Å². The number of nitriles is 1. The highest BCUT2D eigenvalue weighted by molar-refractivity contribution is 5.93. The van der Waals surface area contributed by atoms with E-state index in [0.717, 1.165) is 43.7 Å². The van der Waals surface area contributed by atoms with Gasteiger partial charge in [-0.05, 0) is 65.9 Å². The zero-order valence-electron chi connectivity index (χ0n) is 17.5. The van der Waals surface area contributed by atoms with Crippen molar-refractivity contribution >= 4 is 17.3 Å². The molecule has 0 radical (unpaired) electrons. The van der Waals surface area contributed by atoms with Gasteiger partial charge < -0.3 is 10.1 Å². The van der Waals surface area contributed by atoms with Gasteiger partial charge >= 0.3 is 5.97 Å². The number of benzene rings is 3. The summed E-state index contributed by atoms with van der Waals surface area (Å²) in [6.45, 7) is 3.21. The first-order valence-corrected chi connectivity index (χ1v) is 10.7. The van der Waals surface area contributed by atoms with Gasteiger partial charge in [-0.2, -0.15) is 5.26 Å². The van der Waals surface area contributed by atoms with E-state index in [1.54, 1.807) is 6.07 Å². The summed E-state index contributed by atoms with van der Waals surface area (Å²) in [4.78, 5) is 14.0. The Bertz CT molecular complexity index is 1250. The van der Waals surface area contributed by atoms with Crippen LogP contribution in [0.25, 0.3) is 0 Å². The van der Waals surface area contributed by atoms with Gasteiger partial charge in [0, 0.05) is 36.6 Å². The molecular formula is C26H22FN3O2. The fourth-order valence-electron chi connectivity index (χ4n) is 4.36. The van der Waals surface area contributed by atoms with Crippen molar-refractivity contribution in [3.05, 3.63) is 93.8 Å². The van der Waals surface area contributed by atoms with Crippen LogP contribution >= 0.6 is 0 Å². The van der Waals surface area contributed by atoms with E-state index >= 15 is 0 Å². The van der Waals surface area contributed by atoms with Gasteiger partial charge in [0.2, 0.25) is 0 Å². The quantitative estimate of drug-likeness (QED) is 0.598. The van der Waals surface area contributed by atoms with E-state index in [1.807, 2.05) is 24.3 Å². The molecule has 5 rings (SSSR count). The van der Waals surface area contributed by atoms with Gasteiger partial charge in [-0.25, -0.2) is 9.18 Å². The molecule has 0 fully saturated rings. The van der Waals surface area contributed by atoms with E-state index < -0.39 is 5.82 Å². The summed E-state index contributed by atoms with van der Waals surface area (Å²) in [5, 5.41) is 12.1. The number of halogens is 1. The molecule has 6 heteroatoms. The summed E-state index contributed by atoms with van der Waals surface area (Å²) >= 11 is 0. The van der Waals surface area contributed by atoms with Crippen LogP contribution in [0.2, 0.25) is 0 Å². The van der Waals surface area contributed by atoms with Gasteiger partial charge in [-0.3, -0.25) is 4.90 Å². The first kappa shape index (κ1) is 20.2. The molecule has 0 atom stereocenters. The van der Waals surface area contributed by atoms with Crippen LogP contribution in [0.5, 0.6) is 0 Å². The topological polar surface area (TPSA) is 65.4 Å². The number of ether oxygens (including phenoxy) is 1. The number of hydrogen-bond acceptors (Lipinski definition) is 5. The van der Waals surface area contributed by atoms with Crippen LogP contribution in [0.4, 0.5) is 15.8 Å². The second-order valence-corrected chi connectivity index (χ2v) is 8.26. The lowest BCUT2D eigenvalue weighted by Gasteiger charge is -2.29. The zero-order chi connectivity index (χ0) is 22.1. The maximum atomic E-state index is 13.9. The Morgan fingerprint density at radius 3 is 2.72 bits per heavy atom. The Balaban J connectivity index is 1.21. The number of esters is 1. The number of nitrogens with zero attached hydrogens (tertiary/aromatic N) is 2. The maximum absolute atomic E-state index is 13.9. The van der Waals surface area contributed by atoms with Gasteiger partial charge in [-0.1, -0.05) is 18.2 Å². The Kier molecular flexibility index (Phi) is 5.34. The third-order valence-corrected chi connectivity index (χ3v) is 6.14. The first-order chi connectivity index (χ1) is 15.6. The van der Waals surface area contributed by atoms with Crippen LogP contribution in [0.15, 0.2) is 54.6 Å². The molecule has 1 N–H and O–H groups in total. The Morgan fingerprint density at radius 2 is 1.88 bits per heavy atom. The minimum absolute atomic E-state index is 0.0443. The number of fused-ring (bicyclic) bond motifs is 2. The molecule has 160 valence electrons. The minimum Gasteiger partial charge on any atom is -0.457 e. The fourth-order valence-corrected chi connectivity index (χ4v) is 4.36. The van der Waals surface area contributed by atoms with Crippen molar-refractivity contribution in [1.29, 1.82) is 5.26 Å². The third-order valence-electron chi connectivity index (χ3n) is 6.14. The largest absolute Gasteiger partial charge is 0.457 e. The van der Waals surface area contributed by atoms with E-state index in [9.17, 15) is 9.18 Å². The van der Waals surface area contributed by atoms with E-state index in [0.29, 0.717) is 17.9 Å². The molecule has 0 amide bonds. The molecule has 2 aliphatic rings. The minimum atomic E-state index is -0.520. The highest BCUT2D eigenvalue weighted by Gasteiger charge is 2.21. The first-order valence-electron chi connectivity index (χ1n) is 10.7. The molecule has 0 unspecified atom stereocenters. The Labute approximate surface area is 186 Å². The average molecular weight is 427 g/mol. The number of nitrogens with one attached hydrogen (secondary N) is 1. The standard InChI is InChI=1S/C26H22FN3O2/c27-25-13-23(4-2-19(25)14-28)29-22-5-3-20-15-30(10-8-18(20)12-22)9-7-17-1-6-24-21(11-17)16-32-26(24)31/h1-6,11-13,29H,7-10,15-16H2. The number of carbonyl (C=O) groups excluding carboxylic acids is 1. The predicted octanol–water partition coefficient (Wildman–Crippen LogP) is 4.71. The van der Waals surface area contributed by atoms with Crippen LogP contribution in [0.1, 0.15) is 38.2 Å². The summed E-state index contributed by atoms with van der Waals surface area (Å²) in [6, 6.07) is 18.6. The second-order valence-electron chi connectivity index (χ2n) is 8.26. The summed E-state index contributed by atoms with van der Waals surface area (Å²) in [5.74, 6) is -0.744. The number of rotatable bonds is 5. The van der Waals surface area contributed by atoms with Crippen LogP contribution in [-0.4, -0.2) is 24.0 Å². The average Bonchev–Trinajstić information content (AvgIpc) is 3.18. The van der Waals surface area contributed by atoms with Crippen LogP contribution < -0.4 is 5.32 Å². The van der Waals surface area contributed by atoms with Gasteiger partial charge in [0.1, 0.15) is 18.5 Å². The molecule has 2 aliphatic heterocycles. The summed E-state index contributed by atoms with van der Waals surface area (Å²) in [7, 11) is 0. The molecule has 5 nitrogen and oxygen atoms in total. The lowest BCUT2D eigenvalue weighted by atomic mass is 9.98. The molecule has 0 aliphatic carbocycles. The number of carbonyl (C=O) groups is 1. The summed E-state index contributed by atoms with van der Waals surface area (Å²) in [5.41, 5.74) is 7.09. The molecule has 3 aromatic rings. The van der Waals surface area contributed by atoms with E-state index in [-0.39, 0.29) is 11.5 Å². The van der Waals surface area contributed by atoms with Gasteiger partial charge in [-0.15, -0.1) is 0 Å². The fraction of sp³-hybridized carbons (Fsp3) is 0.231. The zero-order valence-corrected chi connectivity index (χ0v) is 17.5. The number of hydrogen-bond donors (Lipinski definition) is 1. The van der Waals surface area contributed by atoms with Gasteiger partial charge in [0.15, 0.2) is 0 Å². The molecule has 0 spiro atoms.